The second-order valence-electron chi connectivity index (χ2n) is 5.28. The lowest BCUT2D eigenvalue weighted by atomic mass is 9.95. The molecule has 0 aromatic carbocycles. The molecule has 2 N–H and O–H groups in total. The minimum absolute atomic E-state index is 0.248. The van der Waals surface area contributed by atoms with Crippen molar-refractivity contribution < 1.29 is 14.7 Å². The van der Waals surface area contributed by atoms with E-state index in [-0.39, 0.29) is 5.57 Å². The van der Waals surface area contributed by atoms with E-state index >= 15 is 0 Å². The van der Waals surface area contributed by atoms with E-state index in [4.69, 9.17) is 12.2 Å². The molecule has 1 aromatic rings. The molecule has 0 aliphatic carbocycles. The molecule has 0 bridgehead atoms. The molecule has 1 aromatic heterocycles. The van der Waals surface area contributed by atoms with E-state index in [1.54, 1.807) is 19.2 Å². The van der Waals surface area contributed by atoms with Crippen LogP contribution in [0.5, 0.6) is 0 Å². The molecule has 24 heavy (non-hydrogen) atoms. The van der Waals surface area contributed by atoms with E-state index in [0.717, 1.165) is 16.9 Å². The molecule has 0 fully saturated rings. The zero-order valence-electron chi connectivity index (χ0n) is 13.5. The number of aldehydes is 1. The number of nitrogens with zero attached hydrogens (tertiary/aromatic N) is 2. The van der Waals surface area contributed by atoms with Crippen LogP contribution in [0.2, 0.25) is 0 Å². The second kappa shape index (κ2) is 8.25. The van der Waals surface area contributed by atoms with Crippen molar-refractivity contribution in [1.82, 2.24) is 15.2 Å². The van der Waals surface area contributed by atoms with Gasteiger partial charge in [0.25, 0.3) is 0 Å². The molecule has 2 heterocycles. The Morgan fingerprint density at radius 3 is 2.96 bits per heavy atom. The summed E-state index contributed by atoms with van der Waals surface area (Å²) in [5, 5.41) is 13.9. The monoisotopic (exact) mass is 365 g/mol. The molecular formula is C16H19N3O3S2. The fourth-order valence-corrected chi connectivity index (χ4v) is 3.67. The maximum absolute atomic E-state index is 11.9. The first kappa shape index (κ1) is 18.4. The molecule has 1 unspecified atom stereocenters. The van der Waals surface area contributed by atoms with Crippen LogP contribution in [0, 0.1) is 0 Å². The Balaban J connectivity index is 2.54. The highest BCUT2D eigenvalue weighted by Crippen LogP contribution is 2.37. The highest BCUT2D eigenvalue weighted by molar-refractivity contribution is 7.98. The molecule has 0 amide bonds. The number of carbonyl (C=O) groups excluding carboxylic acids is 1. The minimum atomic E-state index is -0.996. The van der Waals surface area contributed by atoms with Crippen molar-refractivity contribution in [3.63, 3.8) is 0 Å². The number of allylic oxidation sites excluding steroid dienone is 1. The van der Waals surface area contributed by atoms with Crippen molar-refractivity contribution in [3.8, 4) is 0 Å². The number of nitrogens with one attached hydrogen (secondary N) is 1. The molecule has 0 radical (unpaired) electrons. The summed E-state index contributed by atoms with van der Waals surface area (Å²) in [6.07, 6.45) is 5.44. The van der Waals surface area contributed by atoms with Gasteiger partial charge in [-0.3, -0.25) is 0 Å². The number of hydrogen-bond donors (Lipinski definition) is 2. The quantitative estimate of drug-likeness (QED) is 0.330. The summed E-state index contributed by atoms with van der Waals surface area (Å²) < 4.78 is 0. The van der Waals surface area contributed by atoms with E-state index in [1.807, 2.05) is 17.2 Å². The Kier molecular flexibility index (Phi) is 6.33. The van der Waals surface area contributed by atoms with E-state index in [0.29, 0.717) is 30.2 Å². The van der Waals surface area contributed by atoms with E-state index in [1.165, 1.54) is 11.8 Å². The molecule has 1 aliphatic heterocycles. The Morgan fingerprint density at radius 1 is 1.58 bits per heavy atom. The average Bonchev–Trinajstić information content (AvgIpc) is 2.56. The number of aromatic nitrogens is 1. The van der Waals surface area contributed by atoms with Crippen molar-refractivity contribution in [1.29, 1.82) is 0 Å². The number of carbonyl (C=O) groups is 2. The lowest BCUT2D eigenvalue weighted by Crippen LogP contribution is -2.48. The van der Waals surface area contributed by atoms with Crippen molar-refractivity contribution in [2.75, 3.05) is 12.8 Å². The third-order valence-corrected chi connectivity index (χ3v) is 4.85. The van der Waals surface area contributed by atoms with Crippen molar-refractivity contribution in [3.05, 3.63) is 35.2 Å². The molecule has 8 heteroatoms. The van der Waals surface area contributed by atoms with Gasteiger partial charge in [0, 0.05) is 30.4 Å². The molecule has 2 rings (SSSR count). The van der Waals surface area contributed by atoms with Gasteiger partial charge in [-0.2, -0.15) is 0 Å². The third-order valence-electron chi connectivity index (χ3n) is 3.78. The number of rotatable bonds is 7. The maximum atomic E-state index is 11.9. The molecule has 0 saturated carbocycles. The predicted octanol–water partition coefficient (Wildman–Crippen LogP) is 2.37. The molecule has 0 spiro atoms. The largest absolute Gasteiger partial charge is 0.478 e. The number of aliphatic carboxylic acids is 1. The van der Waals surface area contributed by atoms with Crippen LogP contribution in [-0.4, -0.2) is 45.2 Å². The van der Waals surface area contributed by atoms with Gasteiger partial charge < -0.3 is 20.1 Å². The summed E-state index contributed by atoms with van der Waals surface area (Å²) in [6, 6.07) is 3.14. The van der Waals surface area contributed by atoms with Gasteiger partial charge in [-0.1, -0.05) is 6.07 Å². The highest BCUT2D eigenvalue weighted by atomic mass is 32.2. The second-order valence-corrected chi connectivity index (χ2v) is 6.46. The summed E-state index contributed by atoms with van der Waals surface area (Å²) in [7, 11) is 0. The molecular weight excluding hydrogens is 346 g/mol. The van der Waals surface area contributed by atoms with Crippen LogP contribution in [0.3, 0.4) is 0 Å². The zero-order valence-corrected chi connectivity index (χ0v) is 15.1. The maximum Gasteiger partial charge on any atom is 0.335 e. The van der Waals surface area contributed by atoms with Gasteiger partial charge in [0.2, 0.25) is 0 Å². The van der Waals surface area contributed by atoms with Gasteiger partial charge in [0.1, 0.15) is 11.3 Å². The van der Waals surface area contributed by atoms with Gasteiger partial charge in [0.05, 0.1) is 11.6 Å². The standard InChI is InChI=1S/C16H19N3O3S2/c1-10-12(15(21)22)13(11-6-5-7-17-14(11)24-2)19(16(23)18-10)8-3-4-9-20/h5-7,9,13H,3-4,8H2,1-2H3,(H,18,23)(H,21,22). The summed E-state index contributed by atoms with van der Waals surface area (Å²) in [6.45, 7) is 2.20. The minimum Gasteiger partial charge on any atom is -0.478 e. The van der Waals surface area contributed by atoms with Crippen LogP contribution in [0.4, 0.5) is 0 Å². The van der Waals surface area contributed by atoms with Crippen LogP contribution < -0.4 is 5.32 Å². The van der Waals surface area contributed by atoms with Gasteiger partial charge >= 0.3 is 5.97 Å². The predicted molar refractivity (Wildman–Crippen MR) is 96.8 cm³/mol. The SMILES string of the molecule is CSc1ncccc1C1C(C(=O)O)=C(C)NC(=S)N1CCCC=O. The molecule has 1 aliphatic rings. The summed E-state index contributed by atoms with van der Waals surface area (Å²) in [5.41, 5.74) is 1.58. The Labute approximate surface area is 150 Å². The number of thiocarbonyl (C=S) groups is 1. The molecule has 128 valence electrons. The van der Waals surface area contributed by atoms with E-state index in [2.05, 4.69) is 10.3 Å². The number of hydrogen-bond acceptors (Lipinski definition) is 5. The number of carboxylic acid groups (broad SMARTS) is 1. The first-order valence-corrected chi connectivity index (χ1v) is 9.08. The smallest absolute Gasteiger partial charge is 0.335 e. The van der Waals surface area contributed by atoms with E-state index < -0.39 is 12.0 Å². The Hall–Kier alpha value is -1.93. The van der Waals surface area contributed by atoms with Crippen LogP contribution in [0.25, 0.3) is 0 Å². The first-order chi connectivity index (χ1) is 11.5. The number of pyridine rings is 1. The average molecular weight is 365 g/mol. The number of carboxylic acids is 1. The third kappa shape index (κ3) is 3.76. The summed E-state index contributed by atoms with van der Waals surface area (Å²) in [4.78, 5) is 28.7. The number of thioether (sulfide) groups is 1. The zero-order chi connectivity index (χ0) is 17.7. The summed E-state index contributed by atoms with van der Waals surface area (Å²) in [5.74, 6) is -0.996. The van der Waals surface area contributed by atoms with Crippen LogP contribution in [0.1, 0.15) is 31.4 Å². The van der Waals surface area contributed by atoms with Crippen LogP contribution >= 0.6 is 24.0 Å². The van der Waals surface area contributed by atoms with Gasteiger partial charge in [-0.05, 0) is 37.9 Å². The highest BCUT2D eigenvalue weighted by Gasteiger charge is 2.37. The van der Waals surface area contributed by atoms with Gasteiger partial charge in [-0.15, -0.1) is 11.8 Å². The molecule has 0 saturated heterocycles. The lowest BCUT2D eigenvalue weighted by molar-refractivity contribution is -0.133. The van der Waals surface area contributed by atoms with Crippen LogP contribution in [-0.2, 0) is 9.59 Å². The summed E-state index contributed by atoms with van der Waals surface area (Å²) >= 11 is 6.88. The van der Waals surface area contributed by atoms with Crippen molar-refractivity contribution in [2.45, 2.75) is 30.8 Å². The normalized spacial score (nSPS) is 17.7. The molecule has 1 atom stereocenters. The number of unbranched alkanes of at least 4 members (excludes halogenated alkanes) is 1. The molecule has 6 nitrogen and oxygen atoms in total. The van der Waals surface area contributed by atoms with Crippen molar-refractivity contribution in [2.24, 2.45) is 0 Å². The topological polar surface area (TPSA) is 82.5 Å². The first-order valence-electron chi connectivity index (χ1n) is 7.45. The Morgan fingerprint density at radius 2 is 2.33 bits per heavy atom. The van der Waals surface area contributed by atoms with E-state index in [9.17, 15) is 14.7 Å². The van der Waals surface area contributed by atoms with Crippen LogP contribution in [0.15, 0.2) is 34.6 Å². The van der Waals surface area contributed by atoms with Gasteiger partial charge in [-0.25, -0.2) is 9.78 Å². The van der Waals surface area contributed by atoms with Crippen molar-refractivity contribution >= 4 is 41.3 Å². The lowest BCUT2D eigenvalue weighted by Gasteiger charge is -2.39. The Bertz CT molecular complexity index is 691. The fourth-order valence-electron chi connectivity index (χ4n) is 2.74. The van der Waals surface area contributed by atoms with Gasteiger partial charge in [0.15, 0.2) is 5.11 Å². The fraction of sp³-hybridized carbons (Fsp3) is 0.375.